The van der Waals surface area contributed by atoms with Crippen LogP contribution in [0.25, 0.3) is 11.4 Å². The van der Waals surface area contributed by atoms with Gasteiger partial charge in [0.2, 0.25) is 5.82 Å². The van der Waals surface area contributed by atoms with Gasteiger partial charge in [0.15, 0.2) is 13.1 Å². The molecule has 1 aromatic heterocycles. The Labute approximate surface area is 156 Å². The SMILES string of the molecule is CSc1ccccc1NC(=O)C[NH+](C)Cc1nc(-c2ccccc2)no1. The van der Waals surface area contributed by atoms with Crippen LogP contribution in [0.2, 0.25) is 0 Å². The van der Waals surface area contributed by atoms with Crippen LogP contribution in [0, 0.1) is 0 Å². The summed E-state index contributed by atoms with van der Waals surface area (Å²) in [5.41, 5.74) is 1.74. The monoisotopic (exact) mass is 369 g/mol. The van der Waals surface area contributed by atoms with Crippen LogP contribution in [0.3, 0.4) is 0 Å². The first-order valence-corrected chi connectivity index (χ1v) is 9.50. The average Bonchev–Trinajstić information content (AvgIpc) is 3.11. The zero-order valence-corrected chi connectivity index (χ0v) is 15.5. The molecule has 2 aromatic carbocycles. The van der Waals surface area contributed by atoms with E-state index in [0.29, 0.717) is 24.8 Å². The second-order valence-electron chi connectivity index (χ2n) is 5.94. The lowest BCUT2D eigenvalue weighted by molar-refractivity contribution is -0.886. The number of carbonyl (C=O) groups is 1. The van der Waals surface area contributed by atoms with Crippen LogP contribution in [-0.2, 0) is 11.3 Å². The van der Waals surface area contributed by atoms with E-state index in [0.717, 1.165) is 21.0 Å². The van der Waals surface area contributed by atoms with Crippen molar-refractivity contribution in [2.24, 2.45) is 0 Å². The van der Waals surface area contributed by atoms with Crippen molar-refractivity contribution in [1.82, 2.24) is 10.1 Å². The summed E-state index contributed by atoms with van der Waals surface area (Å²) >= 11 is 1.60. The van der Waals surface area contributed by atoms with E-state index in [-0.39, 0.29) is 5.91 Å². The maximum atomic E-state index is 12.3. The Hall–Kier alpha value is -2.64. The number of anilines is 1. The zero-order valence-electron chi connectivity index (χ0n) is 14.7. The number of aromatic nitrogens is 2. The summed E-state index contributed by atoms with van der Waals surface area (Å²) in [7, 11) is 1.92. The van der Waals surface area contributed by atoms with E-state index in [2.05, 4.69) is 15.5 Å². The van der Waals surface area contributed by atoms with Crippen molar-refractivity contribution >= 4 is 23.4 Å². The van der Waals surface area contributed by atoms with Crippen molar-refractivity contribution < 1.29 is 14.2 Å². The second-order valence-corrected chi connectivity index (χ2v) is 6.78. The molecule has 1 atom stereocenters. The van der Waals surface area contributed by atoms with Crippen LogP contribution in [0.5, 0.6) is 0 Å². The molecule has 0 aliphatic carbocycles. The third-order valence-electron chi connectivity index (χ3n) is 3.80. The van der Waals surface area contributed by atoms with Crippen LogP contribution in [-0.4, -0.2) is 35.9 Å². The minimum absolute atomic E-state index is 0.0493. The first-order valence-electron chi connectivity index (χ1n) is 8.28. The minimum atomic E-state index is -0.0493. The molecule has 0 saturated heterocycles. The van der Waals surface area contributed by atoms with Crippen LogP contribution in [0.15, 0.2) is 64.0 Å². The number of amides is 1. The third kappa shape index (κ3) is 4.71. The normalized spacial score (nSPS) is 11.9. The third-order valence-corrected chi connectivity index (χ3v) is 4.59. The number of rotatable bonds is 7. The number of nitrogens with one attached hydrogen (secondary N) is 2. The standard InChI is InChI=1S/C19H20N4O2S/c1-23(12-17(24)20-15-10-6-7-11-16(15)26-2)13-18-21-19(22-25-18)14-8-4-3-5-9-14/h3-11H,12-13H2,1-2H3,(H,20,24)/p+1. The topological polar surface area (TPSA) is 72.5 Å². The first-order chi connectivity index (χ1) is 12.7. The Kier molecular flexibility index (Phi) is 6.04. The van der Waals surface area contributed by atoms with Gasteiger partial charge in [0.25, 0.3) is 11.8 Å². The van der Waals surface area contributed by atoms with Gasteiger partial charge in [0.05, 0.1) is 12.7 Å². The molecule has 0 fully saturated rings. The number of hydrogen-bond donors (Lipinski definition) is 2. The lowest BCUT2D eigenvalue weighted by Crippen LogP contribution is -3.08. The van der Waals surface area contributed by atoms with Crippen LogP contribution < -0.4 is 10.2 Å². The molecule has 134 valence electrons. The van der Waals surface area contributed by atoms with Gasteiger partial charge < -0.3 is 14.7 Å². The number of likely N-dealkylation sites (N-methyl/N-ethyl adjacent to an activating group) is 1. The van der Waals surface area contributed by atoms with E-state index in [1.807, 2.05) is 67.9 Å². The zero-order chi connectivity index (χ0) is 18.4. The van der Waals surface area contributed by atoms with Crippen molar-refractivity contribution in [3.63, 3.8) is 0 Å². The highest BCUT2D eigenvalue weighted by atomic mass is 32.2. The van der Waals surface area contributed by atoms with E-state index in [9.17, 15) is 4.79 Å². The number of carbonyl (C=O) groups excluding carboxylic acids is 1. The number of thioether (sulfide) groups is 1. The molecule has 1 amide bonds. The van der Waals surface area contributed by atoms with Gasteiger partial charge in [-0.3, -0.25) is 4.79 Å². The van der Waals surface area contributed by atoms with Crippen molar-refractivity contribution in [1.29, 1.82) is 0 Å². The largest absolute Gasteiger partial charge is 0.333 e. The van der Waals surface area contributed by atoms with E-state index in [1.54, 1.807) is 11.8 Å². The van der Waals surface area contributed by atoms with E-state index < -0.39 is 0 Å². The van der Waals surface area contributed by atoms with Gasteiger partial charge in [-0.15, -0.1) is 11.8 Å². The molecule has 0 aliphatic heterocycles. The Balaban J connectivity index is 1.56. The predicted octanol–water partition coefficient (Wildman–Crippen LogP) is 2.11. The van der Waals surface area contributed by atoms with Crippen molar-refractivity contribution in [2.75, 3.05) is 25.2 Å². The summed E-state index contributed by atoms with van der Waals surface area (Å²) in [6.07, 6.45) is 1.99. The Bertz CT molecular complexity index is 867. The molecular formula is C19H21N4O2S+. The van der Waals surface area contributed by atoms with Gasteiger partial charge >= 0.3 is 0 Å². The molecule has 3 aromatic rings. The summed E-state index contributed by atoms with van der Waals surface area (Å²) in [6.45, 7) is 0.795. The molecule has 0 radical (unpaired) electrons. The maximum absolute atomic E-state index is 12.3. The molecule has 0 spiro atoms. The molecule has 7 heteroatoms. The molecule has 6 nitrogen and oxygen atoms in total. The lowest BCUT2D eigenvalue weighted by Gasteiger charge is -2.13. The molecular weight excluding hydrogens is 348 g/mol. The fourth-order valence-electron chi connectivity index (χ4n) is 2.57. The quantitative estimate of drug-likeness (QED) is 0.624. The number of nitrogens with zero attached hydrogens (tertiary/aromatic N) is 2. The number of benzene rings is 2. The molecule has 1 heterocycles. The molecule has 0 bridgehead atoms. The van der Waals surface area contributed by atoms with Crippen molar-refractivity contribution in [3.8, 4) is 11.4 Å². The first kappa shape index (κ1) is 18.2. The van der Waals surface area contributed by atoms with Gasteiger partial charge in [-0.25, -0.2) is 0 Å². The highest BCUT2D eigenvalue weighted by Gasteiger charge is 2.16. The van der Waals surface area contributed by atoms with Crippen LogP contribution in [0.1, 0.15) is 5.89 Å². The molecule has 1 unspecified atom stereocenters. The number of quaternary nitrogens is 1. The lowest BCUT2D eigenvalue weighted by atomic mass is 10.2. The highest BCUT2D eigenvalue weighted by Crippen LogP contribution is 2.24. The van der Waals surface area contributed by atoms with Crippen LogP contribution in [0.4, 0.5) is 5.69 Å². The Morgan fingerprint density at radius 2 is 1.88 bits per heavy atom. The van der Waals surface area contributed by atoms with Crippen molar-refractivity contribution in [2.45, 2.75) is 11.4 Å². The van der Waals surface area contributed by atoms with Gasteiger partial charge in [-0.1, -0.05) is 47.6 Å². The highest BCUT2D eigenvalue weighted by molar-refractivity contribution is 7.98. The summed E-state index contributed by atoms with van der Waals surface area (Å²) in [4.78, 5) is 18.7. The van der Waals surface area contributed by atoms with E-state index in [1.165, 1.54) is 0 Å². The predicted molar refractivity (Wildman–Crippen MR) is 102 cm³/mol. The minimum Gasteiger partial charge on any atom is -0.333 e. The Morgan fingerprint density at radius 1 is 1.15 bits per heavy atom. The summed E-state index contributed by atoms with van der Waals surface area (Å²) in [6, 6.07) is 17.4. The van der Waals surface area contributed by atoms with Gasteiger partial charge in [-0.2, -0.15) is 4.98 Å². The number of para-hydroxylation sites is 1. The van der Waals surface area contributed by atoms with Gasteiger partial charge in [0, 0.05) is 10.5 Å². The molecule has 0 aliphatic rings. The fourth-order valence-corrected chi connectivity index (χ4v) is 3.12. The molecule has 0 saturated carbocycles. The molecule has 2 N–H and O–H groups in total. The molecule has 26 heavy (non-hydrogen) atoms. The van der Waals surface area contributed by atoms with Gasteiger partial charge in [-0.05, 0) is 18.4 Å². The second kappa shape index (κ2) is 8.64. The average molecular weight is 369 g/mol. The summed E-state index contributed by atoms with van der Waals surface area (Å²) < 4.78 is 5.31. The Morgan fingerprint density at radius 3 is 2.65 bits per heavy atom. The van der Waals surface area contributed by atoms with E-state index in [4.69, 9.17) is 4.52 Å². The number of hydrogen-bond acceptors (Lipinski definition) is 5. The van der Waals surface area contributed by atoms with E-state index >= 15 is 0 Å². The maximum Gasteiger partial charge on any atom is 0.282 e. The van der Waals surface area contributed by atoms with Gasteiger partial charge in [0.1, 0.15) is 0 Å². The fraction of sp³-hybridized carbons (Fsp3) is 0.211. The molecule has 3 rings (SSSR count). The summed E-state index contributed by atoms with van der Waals surface area (Å²) in [5.74, 6) is 1.03. The summed E-state index contributed by atoms with van der Waals surface area (Å²) in [5, 5.41) is 6.97. The van der Waals surface area contributed by atoms with Crippen LogP contribution >= 0.6 is 11.8 Å². The smallest absolute Gasteiger partial charge is 0.282 e. The van der Waals surface area contributed by atoms with Crippen molar-refractivity contribution in [3.05, 3.63) is 60.5 Å².